The summed E-state index contributed by atoms with van der Waals surface area (Å²) in [6.07, 6.45) is 7.84. The number of pyridine rings is 1. The van der Waals surface area contributed by atoms with Gasteiger partial charge in [0.1, 0.15) is 11.1 Å². The van der Waals surface area contributed by atoms with E-state index in [1.807, 2.05) is 0 Å². The second-order valence-electron chi connectivity index (χ2n) is 5.32. The highest BCUT2D eigenvalue weighted by Crippen LogP contribution is 2.25. The molecule has 2 aromatic heterocycles. The van der Waals surface area contributed by atoms with Crippen molar-refractivity contribution in [2.24, 2.45) is 0 Å². The maximum absolute atomic E-state index is 12.2. The number of amides is 1. The summed E-state index contributed by atoms with van der Waals surface area (Å²) in [4.78, 5) is 24.4. The molecule has 0 saturated carbocycles. The first-order valence-electron chi connectivity index (χ1n) is 7.65. The molecule has 1 fully saturated rings. The van der Waals surface area contributed by atoms with Crippen molar-refractivity contribution in [1.29, 1.82) is 0 Å². The number of rotatable bonds is 5. The van der Waals surface area contributed by atoms with Gasteiger partial charge in [-0.05, 0) is 6.07 Å². The van der Waals surface area contributed by atoms with Gasteiger partial charge in [-0.25, -0.2) is 4.98 Å². The van der Waals surface area contributed by atoms with Crippen LogP contribution in [0.1, 0.15) is 28.9 Å². The number of halogens is 1. The van der Waals surface area contributed by atoms with E-state index in [-0.39, 0.29) is 18.6 Å². The van der Waals surface area contributed by atoms with Crippen LogP contribution >= 0.6 is 11.6 Å². The molecular formula is C16H17ClN4O3. The third-order valence-electron chi connectivity index (χ3n) is 3.56. The lowest BCUT2D eigenvalue weighted by Crippen LogP contribution is -2.26. The van der Waals surface area contributed by atoms with Crippen molar-refractivity contribution in [3.05, 3.63) is 47.1 Å². The average molecular weight is 349 g/mol. The second kappa shape index (κ2) is 8.03. The van der Waals surface area contributed by atoms with Gasteiger partial charge in [-0.1, -0.05) is 11.6 Å². The molecule has 0 aromatic carbocycles. The normalized spacial score (nSPS) is 15.0. The van der Waals surface area contributed by atoms with Crippen LogP contribution in [-0.2, 0) is 11.3 Å². The summed E-state index contributed by atoms with van der Waals surface area (Å²) in [5.74, 6) is 0.0571. The van der Waals surface area contributed by atoms with Crippen LogP contribution in [0.2, 0.25) is 5.02 Å². The van der Waals surface area contributed by atoms with E-state index >= 15 is 0 Å². The van der Waals surface area contributed by atoms with Gasteiger partial charge in [0, 0.05) is 31.4 Å². The van der Waals surface area contributed by atoms with Gasteiger partial charge in [-0.3, -0.25) is 14.8 Å². The van der Waals surface area contributed by atoms with Crippen LogP contribution in [-0.4, -0.2) is 40.2 Å². The molecule has 1 amide bonds. The van der Waals surface area contributed by atoms with Gasteiger partial charge >= 0.3 is 0 Å². The topological polar surface area (TPSA) is 86.2 Å². The fraction of sp³-hybridized carbons (Fsp3) is 0.375. The monoisotopic (exact) mass is 348 g/mol. The molecule has 1 saturated heterocycles. The minimum absolute atomic E-state index is 0.0417. The number of ether oxygens (including phenoxy) is 2. The fourth-order valence-electron chi connectivity index (χ4n) is 2.28. The fourth-order valence-corrected chi connectivity index (χ4v) is 2.49. The van der Waals surface area contributed by atoms with E-state index in [2.05, 4.69) is 20.3 Å². The summed E-state index contributed by atoms with van der Waals surface area (Å²) in [5, 5.41) is 3.06. The highest BCUT2D eigenvalue weighted by atomic mass is 35.5. The average Bonchev–Trinajstić information content (AvgIpc) is 2.63. The predicted octanol–water partition coefficient (Wildman–Crippen LogP) is 2.01. The van der Waals surface area contributed by atoms with E-state index in [9.17, 15) is 4.79 Å². The van der Waals surface area contributed by atoms with Crippen LogP contribution in [0.15, 0.2) is 30.9 Å². The van der Waals surface area contributed by atoms with Gasteiger partial charge in [0.2, 0.25) is 5.88 Å². The molecule has 0 bridgehead atoms. The SMILES string of the molecule is O=C(NCc1cnccn1)c1cnc(OC2CCOCC2)c(Cl)c1. The van der Waals surface area contributed by atoms with Gasteiger partial charge < -0.3 is 14.8 Å². The van der Waals surface area contributed by atoms with Crippen LogP contribution in [0.25, 0.3) is 0 Å². The molecule has 1 N–H and O–H groups in total. The summed E-state index contributed by atoms with van der Waals surface area (Å²) in [7, 11) is 0. The molecule has 24 heavy (non-hydrogen) atoms. The van der Waals surface area contributed by atoms with Crippen molar-refractivity contribution in [2.45, 2.75) is 25.5 Å². The molecule has 7 nitrogen and oxygen atoms in total. The quantitative estimate of drug-likeness (QED) is 0.889. The molecule has 126 valence electrons. The number of hydrogen-bond acceptors (Lipinski definition) is 6. The highest BCUT2D eigenvalue weighted by Gasteiger charge is 2.18. The molecule has 0 spiro atoms. The number of aromatic nitrogens is 3. The Morgan fingerprint density at radius 3 is 2.83 bits per heavy atom. The molecule has 0 aliphatic carbocycles. The Kier molecular flexibility index (Phi) is 5.55. The summed E-state index contributed by atoms with van der Waals surface area (Å²) in [5.41, 5.74) is 1.03. The van der Waals surface area contributed by atoms with Crippen molar-refractivity contribution < 1.29 is 14.3 Å². The molecule has 0 atom stereocenters. The maximum Gasteiger partial charge on any atom is 0.253 e. The van der Waals surface area contributed by atoms with Crippen LogP contribution in [0.4, 0.5) is 0 Å². The molecule has 1 aliphatic heterocycles. The zero-order valence-corrected chi connectivity index (χ0v) is 13.7. The van der Waals surface area contributed by atoms with Gasteiger partial charge in [0.05, 0.1) is 37.2 Å². The van der Waals surface area contributed by atoms with E-state index in [0.717, 1.165) is 12.8 Å². The van der Waals surface area contributed by atoms with Crippen molar-refractivity contribution in [2.75, 3.05) is 13.2 Å². The van der Waals surface area contributed by atoms with E-state index in [1.54, 1.807) is 24.7 Å². The Balaban J connectivity index is 1.59. The lowest BCUT2D eigenvalue weighted by atomic mass is 10.1. The van der Waals surface area contributed by atoms with Crippen LogP contribution < -0.4 is 10.1 Å². The van der Waals surface area contributed by atoms with Crippen molar-refractivity contribution in [3.63, 3.8) is 0 Å². The third kappa shape index (κ3) is 4.39. The van der Waals surface area contributed by atoms with Gasteiger partial charge in [0.25, 0.3) is 5.91 Å². The zero-order chi connectivity index (χ0) is 16.8. The van der Waals surface area contributed by atoms with E-state index < -0.39 is 0 Å². The molecule has 0 radical (unpaired) electrons. The second-order valence-corrected chi connectivity index (χ2v) is 5.73. The van der Waals surface area contributed by atoms with Gasteiger partial charge in [0.15, 0.2) is 0 Å². The van der Waals surface area contributed by atoms with E-state index in [0.29, 0.717) is 35.4 Å². The molecule has 3 rings (SSSR count). The highest BCUT2D eigenvalue weighted by molar-refractivity contribution is 6.32. The Bertz CT molecular complexity index is 693. The molecule has 0 unspecified atom stereocenters. The Labute approximate surface area is 144 Å². The summed E-state index contributed by atoms with van der Waals surface area (Å²) in [6.45, 7) is 1.63. The largest absolute Gasteiger partial charge is 0.473 e. The molecule has 1 aliphatic rings. The first kappa shape index (κ1) is 16.6. The smallest absolute Gasteiger partial charge is 0.253 e. The van der Waals surface area contributed by atoms with Gasteiger partial charge in [-0.2, -0.15) is 0 Å². The number of carbonyl (C=O) groups excluding carboxylic acids is 1. The van der Waals surface area contributed by atoms with E-state index in [4.69, 9.17) is 21.1 Å². The van der Waals surface area contributed by atoms with Gasteiger partial charge in [-0.15, -0.1) is 0 Å². The molecule has 2 aromatic rings. The summed E-state index contributed by atoms with van der Waals surface area (Å²) < 4.78 is 11.1. The molecule has 3 heterocycles. The van der Waals surface area contributed by atoms with Crippen LogP contribution in [0, 0.1) is 0 Å². The minimum atomic E-state index is -0.285. The minimum Gasteiger partial charge on any atom is -0.473 e. The first-order chi connectivity index (χ1) is 11.7. The van der Waals surface area contributed by atoms with Crippen molar-refractivity contribution in [1.82, 2.24) is 20.3 Å². The van der Waals surface area contributed by atoms with Crippen LogP contribution in [0.5, 0.6) is 5.88 Å². The Morgan fingerprint density at radius 1 is 1.29 bits per heavy atom. The lowest BCUT2D eigenvalue weighted by Gasteiger charge is -2.23. The third-order valence-corrected chi connectivity index (χ3v) is 3.83. The number of nitrogens with one attached hydrogen (secondary N) is 1. The van der Waals surface area contributed by atoms with Crippen molar-refractivity contribution in [3.8, 4) is 5.88 Å². The Hall–Kier alpha value is -2.25. The number of carbonyl (C=O) groups is 1. The van der Waals surface area contributed by atoms with Crippen LogP contribution in [0.3, 0.4) is 0 Å². The standard InChI is InChI=1S/C16H17ClN4O3/c17-14-7-11(15(22)20-10-12-9-18-3-4-19-12)8-21-16(14)24-13-1-5-23-6-2-13/h3-4,7-9,13H,1-2,5-6,10H2,(H,20,22). The summed E-state index contributed by atoms with van der Waals surface area (Å²) >= 11 is 6.19. The lowest BCUT2D eigenvalue weighted by molar-refractivity contribution is 0.0238. The number of hydrogen-bond donors (Lipinski definition) is 1. The Morgan fingerprint density at radius 2 is 2.12 bits per heavy atom. The first-order valence-corrected chi connectivity index (χ1v) is 8.03. The molecular weight excluding hydrogens is 332 g/mol. The summed E-state index contributed by atoms with van der Waals surface area (Å²) in [6, 6.07) is 1.55. The zero-order valence-electron chi connectivity index (χ0n) is 12.9. The maximum atomic E-state index is 12.2. The number of nitrogens with zero attached hydrogens (tertiary/aromatic N) is 3. The van der Waals surface area contributed by atoms with Crippen molar-refractivity contribution >= 4 is 17.5 Å². The van der Waals surface area contributed by atoms with E-state index in [1.165, 1.54) is 6.20 Å². The predicted molar refractivity (Wildman–Crippen MR) is 86.9 cm³/mol. The molecule has 8 heteroatoms.